The van der Waals surface area contributed by atoms with Gasteiger partial charge in [-0.2, -0.15) is 0 Å². The second kappa shape index (κ2) is 25.0. The molecule has 2 aliphatic rings. The highest BCUT2D eigenvalue weighted by Gasteiger charge is 2.53. The zero-order valence-electron chi connectivity index (χ0n) is 30.2. The number of hydrogen-bond acceptors (Lipinski definition) is 8. The molecule has 2 aliphatic heterocycles. The molecular weight excluding hydrogens is 584 g/mol. The quantitative estimate of drug-likeness (QED) is 0.0533. The van der Waals surface area contributed by atoms with Crippen LogP contribution in [0.15, 0.2) is 12.2 Å². The predicted octanol–water partition coefficient (Wildman–Crippen LogP) is 8.96. The maximum Gasteiger partial charge on any atom is 0.306 e. The Morgan fingerprint density at radius 1 is 0.826 bits per heavy atom. The first-order valence-electron chi connectivity index (χ1n) is 19.0. The summed E-state index contributed by atoms with van der Waals surface area (Å²) in [6.45, 7) is 8.84. The number of unbranched alkanes of at least 4 members (excludes halogenated alkanes) is 15. The van der Waals surface area contributed by atoms with Crippen LogP contribution in [0.2, 0.25) is 0 Å². The maximum atomic E-state index is 12.9. The SMILES string of the molecule is CCCCCC/C=C\CCCCCCCCCC(=O)O[C@@H]1[C@@H](OCC[C@@H](CCCCCCC)OC)[C@@H]2OC(C)(C)OC[C@H]2O[C@@H]1O. The second-order valence-electron chi connectivity index (χ2n) is 13.8. The van der Waals surface area contributed by atoms with Gasteiger partial charge in [0.2, 0.25) is 0 Å². The van der Waals surface area contributed by atoms with E-state index in [1.54, 1.807) is 7.11 Å². The highest BCUT2D eigenvalue weighted by Crippen LogP contribution is 2.35. The molecule has 0 unspecified atom stereocenters. The topological polar surface area (TPSA) is 92.7 Å². The molecule has 2 rings (SSSR count). The molecule has 2 heterocycles. The van der Waals surface area contributed by atoms with E-state index in [1.807, 2.05) is 13.8 Å². The number of aliphatic hydroxyl groups is 1. The van der Waals surface area contributed by atoms with Crippen LogP contribution in [0.5, 0.6) is 0 Å². The van der Waals surface area contributed by atoms with Gasteiger partial charge in [0.05, 0.1) is 12.7 Å². The minimum absolute atomic E-state index is 0.0946. The maximum absolute atomic E-state index is 12.9. The number of fused-ring (bicyclic) bond motifs is 1. The van der Waals surface area contributed by atoms with Crippen molar-refractivity contribution in [3.8, 4) is 0 Å². The molecule has 8 heteroatoms. The Morgan fingerprint density at radius 2 is 1.41 bits per heavy atom. The third-order valence-electron chi connectivity index (χ3n) is 9.25. The first-order chi connectivity index (χ1) is 22.3. The largest absolute Gasteiger partial charge is 0.454 e. The molecular formula is C38H70O8. The summed E-state index contributed by atoms with van der Waals surface area (Å²) < 4.78 is 35.7. The van der Waals surface area contributed by atoms with E-state index in [0.29, 0.717) is 19.4 Å². The van der Waals surface area contributed by atoms with Crippen molar-refractivity contribution < 1.29 is 38.3 Å². The van der Waals surface area contributed by atoms with E-state index in [0.717, 1.165) is 32.1 Å². The molecule has 0 aromatic heterocycles. The van der Waals surface area contributed by atoms with Crippen LogP contribution >= 0.6 is 0 Å². The summed E-state index contributed by atoms with van der Waals surface area (Å²) in [4.78, 5) is 12.9. The van der Waals surface area contributed by atoms with Crippen molar-refractivity contribution in [1.29, 1.82) is 0 Å². The number of carbonyl (C=O) groups is 1. The van der Waals surface area contributed by atoms with Gasteiger partial charge in [0, 0.05) is 20.1 Å². The highest BCUT2D eigenvalue weighted by atomic mass is 16.8. The van der Waals surface area contributed by atoms with Crippen LogP contribution in [0.1, 0.15) is 163 Å². The van der Waals surface area contributed by atoms with Gasteiger partial charge >= 0.3 is 5.97 Å². The first-order valence-corrected chi connectivity index (χ1v) is 19.0. The van der Waals surface area contributed by atoms with Gasteiger partial charge < -0.3 is 33.5 Å². The third-order valence-corrected chi connectivity index (χ3v) is 9.25. The van der Waals surface area contributed by atoms with Crippen molar-refractivity contribution in [2.24, 2.45) is 0 Å². The number of hydrogen-bond donors (Lipinski definition) is 1. The molecule has 8 nitrogen and oxygen atoms in total. The Hall–Kier alpha value is -1.03. The lowest BCUT2D eigenvalue weighted by Crippen LogP contribution is -2.65. The first kappa shape index (κ1) is 41.1. The number of rotatable bonds is 27. The number of esters is 1. The Balaban J connectivity index is 1.73. The average Bonchev–Trinajstić information content (AvgIpc) is 3.03. The molecule has 0 spiro atoms. The fourth-order valence-corrected chi connectivity index (χ4v) is 6.37. The van der Waals surface area contributed by atoms with Crippen molar-refractivity contribution in [2.75, 3.05) is 20.3 Å². The molecule has 0 amide bonds. The van der Waals surface area contributed by atoms with E-state index in [4.69, 9.17) is 28.4 Å². The van der Waals surface area contributed by atoms with Gasteiger partial charge in [0.25, 0.3) is 0 Å². The number of allylic oxidation sites excluding steroid dienone is 2. The van der Waals surface area contributed by atoms with Crippen molar-refractivity contribution >= 4 is 5.97 Å². The fraction of sp³-hybridized carbons (Fsp3) is 0.921. The van der Waals surface area contributed by atoms with Crippen molar-refractivity contribution in [2.45, 2.75) is 205 Å². The number of methoxy groups -OCH3 is 1. The zero-order valence-corrected chi connectivity index (χ0v) is 30.2. The standard InChI is InChI=1S/C38H70O8/c1-6-8-10-12-13-14-15-16-17-18-19-20-21-23-25-27-33(39)45-36-35(34-32(44-37(36)40)30-43-38(3,4)46-34)42-29-28-31(41-5)26-24-22-11-9-7-2/h14-15,31-32,34-37,40H,6-13,16-30H2,1-5H3/b15-14-/t31-,32-,34-,35+,36-,37+/m1/s1. The predicted molar refractivity (Wildman–Crippen MR) is 184 cm³/mol. The van der Waals surface area contributed by atoms with Crippen LogP contribution in [0.4, 0.5) is 0 Å². The lowest BCUT2D eigenvalue weighted by molar-refractivity contribution is -0.381. The molecule has 0 bridgehead atoms. The van der Waals surface area contributed by atoms with Gasteiger partial charge in [-0.3, -0.25) is 4.79 Å². The Morgan fingerprint density at radius 3 is 2.07 bits per heavy atom. The molecule has 6 atom stereocenters. The van der Waals surface area contributed by atoms with Crippen LogP contribution in [-0.4, -0.2) is 74.0 Å². The Labute approximate surface area is 281 Å². The molecule has 1 N–H and O–H groups in total. The van der Waals surface area contributed by atoms with Crippen molar-refractivity contribution in [1.82, 2.24) is 0 Å². The Bertz CT molecular complexity index is 787. The van der Waals surface area contributed by atoms with Crippen LogP contribution in [0.25, 0.3) is 0 Å². The molecule has 0 aliphatic carbocycles. The van der Waals surface area contributed by atoms with E-state index >= 15 is 0 Å². The summed E-state index contributed by atoms with van der Waals surface area (Å²) in [6.07, 6.45) is 24.5. The summed E-state index contributed by atoms with van der Waals surface area (Å²) in [6, 6.07) is 0. The van der Waals surface area contributed by atoms with Gasteiger partial charge in [0.1, 0.15) is 18.3 Å². The minimum atomic E-state index is -1.31. The molecule has 0 aromatic rings. The number of carbonyl (C=O) groups excluding carboxylic acids is 1. The normalized spacial score (nSPS) is 25.0. The lowest BCUT2D eigenvalue weighted by atomic mass is 9.96. The molecule has 270 valence electrons. The average molecular weight is 655 g/mol. The highest BCUT2D eigenvalue weighted by molar-refractivity contribution is 5.69. The van der Waals surface area contributed by atoms with E-state index in [1.165, 1.54) is 89.9 Å². The molecule has 0 saturated carbocycles. The fourth-order valence-electron chi connectivity index (χ4n) is 6.37. The summed E-state index contributed by atoms with van der Waals surface area (Å²) in [5, 5.41) is 10.9. The molecule has 0 radical (unpaired) electrons. The van der Waals surface area contributed by atoms with Crippen molar-refractivity contribution in [3.63, 3.8) is 0 Å². The molecule has 0 aromatic carbocycles. The van der Waals surface area contributed by atoms with Crippen molar-refractivity contribution in [3.05, 3.63) is 12.2 Å². The van der Waals surface area contributed by atoms with Gasteiger partial charge in [0.15, 0.2) is 18.2 Å². The van der Waals surface area contributed by atoms with Gasteiger partial charge in [-0.25, -0.2) is 0 Å². The molecule has 2 fully saturated rings. The van der Waals surface area contributed by atoms with E-state index in [-0.39, 0.29) is 18.7 Å². The molecule has 2 saturated heterocycles. The van der Waals surface area contributed by atoms with Gasteiger partial charge in [-0.15, -0.1) is 0 Å². The summed E-state index contributed by atoms with van der Waals surface area (Å²) in [5.74, 6) is -1.17. The smallest absolute Gasteiger partial charge is 0.306 e. The van der Waals surface area contributed by atoms with Gasteiger partial charge in [-0.05, 0) is 58.8 Å². The summed E-state index contributed by atoms with van der Waals surface area (Å²) in [5.41, 5.74) is 0. The van der Waals surface area contributed by atoms with E-state index in [2.05, 4.69) is 26.0 Å². The zero-order chi connectivity index (χ0) is 33.5. The monoisotopic (exact) mass is 655 g/mol. The van der Waals surface area contributed by atoms with E-state index in [9.17, 15) is 9.90 Å². The number of aliphatic hydroxyl groups excluding tert-OH is 1. The third kappa shape index (κ3) is 17.4. The van der Waals surface area contributed by atoms with Crippen LogP contribution < -0.4 is 0 Å². The second-order valence-corrected chi connectivity index (χ2v) is 13.8. The van der Waals surface area contributed by atoms with Crippen LogP contribution in [-0.2, 0) is 33.2 Å². The van der Waals surface area contributed by atoms with Crippen LogP contribution in [0.3, 0.4) is 0 Å². The van der Waals surface area contributed by atoms with E-state index < -0.39 is 36.5 Å². The lowest BCUT2D eigenvalue weighted by Gasteiger charge is -2.49. The van der Waals surface area contributed by atoms with Crippen LogP contribution in [0, 0.1) is 0 Å². The Kier molecular flexibility index (Phi) is 22.4. The molecule has 46 heavy (non-hydrogen) atoms. The summed E-state index contributed by atoms with van der Waals surface area (Å²) >= 11 is 0. The minimum Gasteiger partial charge on any atom is -0.454 e. The summed E-state index contributed by atoms with van der Waals surface area (Å²) in [7, 11) is 1.75. The van der Waals surface area contributed by atoms with Gasteiger partial charge in [-0.1, -0.05) is 109 Å². The number of ether oxygens (including phenoxy) is 6.